The van der Waals surface area contributed by atoms with Gasteiger partial charge in [0.25, 0.3) is 0 Å². The molecule has 4 nitrogen and oxygen atoms in total. The quantitative estimate of drug-likeness (QED) is 0.849. The molecule has 0 bridgehead atoms. The van der Waals surface area contributed by atoms with E-state index in [1.165, 1.54) is 6.08 Å². The predicted octanol–water partition coefficient (Wildman–Crippen LogP) is 3.00. The lowest BCUT2D eigenvalue weighted by molar-refractivity contribution is -0.111. The minimum atomic E-state index is -0.189. The van der Waals surface area contributed by atoms with Crippen LogP contribution in [-0.2, 0) is 4.79 Å². The topological polar surface area (TPSA) is 55.1 Å². The van der Waals surface area contributed by atoms with E-state index in [1.54, 1.807) is 31.3 Å². The second-order valence-corrected chi connectivity index (χ2v) is 4.36. The Labute approximate surface area is 103 Å². The minimum Gasteiger partial charge on any atom is -0.359 e. The van der Waals surface area contributed by atoms with E-state index in [1.807, 2.05) is 16.8 Å². The summed E-state index contributed by atoms with van der Waals surface area (Å²) in [6, 6.07) is 1.95. The monoisotopic (exact) mass is 248 g/mol. The SMILES string of the molecule is Cc1noc(C)c1NC(=O)/C=C\c1ccsc1. The fourth-order valence-electron chi connectivity index (χ4n) is 1.37. The van der Waals surface area contributed by atoms with E-state index >= 15 is 0 Å². The number of aryl methyl sites for hydroxylation is 2. The van der Waals surface area contributed by atoms with Gasteiger partial charge >= 0.3 is 0 Å². The van der Waals surface area contributed by atoms with Gasteiger partial charge in [-0.25, -0.2) is 0 Å². The molecule has 88 valence electrons. The Bertz CT molecular complexity index is 521. The smallest absolute Gasteiger partial charge is 0.248 e. The van der Waals surface area contributed by atoms with Gasteiger partial charge in [0.2, 0.25) is 5.91 Å². The first-order chi connectivity index (χ1) is 8.16. The van der Waals surface area contributed by atoms with Crippen molar-refractivity contribution in [2.45, 2.75) is 13.8 Å². The molecule has 0 aliphatic rings. The summed E-state index contributed by atoms with van der Waals surface area (Å²) < 4.78 is 4.96. The number of nitrogens with one attached hydrogen (secondary N) is 1. The van der Waals surface area contributed by atoms with Gasteiger partial charge in [0.1, 0.15) is 11.4 Å². The molecule has 2 aromatic heterocycles. The summed E-state index contributed by atoms with van der Waals surface area (Å²) in [6.45, 7) is 3.55. The van der Waals surface area contributed by atoms with Crippen molar-refractivity contribution in [3.05, 3.63) is 39.9 Å². The van der Waals surface area contributed by atoms with Gasteiger partial charge in [0.15, 0.2) is 5.76 Å². The third-order valence-corrected chi connectivity index (χ3v) is 2.95. The molecule has 1 N–H and O–H groups in total. The number of carbonyl (C=O) groups is 1. The number of amides is 1. The van der Waals surface area contributed by atoms with E-state index in [-0.39, 0.29) is 5.91 Å². The molecule has 0 spiro atoms. The molecule has 1 amide bonds. The lowest BCUT2D eigenvalue weighted by Crippen LogP contribution is -2.08. The Morgan fingerprint density at radius 1 is 1.53 bits per heavy atom. The highest BCUT2D eigenvalue weighted by Crippen LogP contribution is 2.18. The van der Waals surface area contributed by atoms with E-state index in [0.29, 0.717) is 17.1 Å². The van der Waals surface area contributed by atoms with Crippen molar-refractivity contribution in [2.24, 2.45) is 0 Å². The van der Waals surface area contributed by atoms with Crippen molar-refractivity contribution in [3.63, 3.8) is 0 Å². The summed E-state index contributed by atoms with van der Waals surface area (Å²) >= 11 is 1.59. The second-order valence-electron chi connectivity index (χ2n) is 3.58. The van der Waals surface area contributed by atoms with Crippen molar-refractivity contribution >= 4 is 29.0 Å². The molecule has 0 radical (unpaired) electrons. The molecule has 2 aromatic rings. The molecule has 0 saturated heterocycles. The summed E-state index contributed by atoms with van der Waals surface area (Å²) in [4.78, 5) is 11.6. The molecule has 0 aliphatic heterocycles. The van der Waals surface area contributed by atoms with Crippen molar-refractivity contribution < 1.29 is 9.32 Å². The Morgan fingerprint density at radius 2 is 2.35 bits per heavy atom. The summed E-state index contributed by atoms with van der Waals surface area (Å²) in [7, 11) is 0. The molecular formula is C12H12N2O2S. The molecule has 0 aliphatic carbocycles. The molecule has 0 aromatic carbocycles. The summed E-state index contributed by atoms with van der Waals surface area (Å²) in [5.41, 5.74) is 2.34. The molecular weight excluding hydrogens is 236 g/mol. The van der Waals surface area contributed by atoms with Gasteiger partial charge in [-0.1, -0.05) is 5.16 Å². The number of hydrogen-bond donors (Lipinski definition) is 1. The summed E-state index contributed by atoms with van der Waals surface area (Å²) in [5.74, 6) is 0.422. The van der Waals surface area contributed by atoms with Crippen LogP contribution in [-0.4, -0.2) is 11.1 Å². The van der Waals surface area contributed by atoms with Crippen LogP contribution in [0.4, 0.5) is 5.69 Å². The van der Waals surface area contributed by atoms with Crippen molar-refractivity contribution in [3.8, 4) is 0 Å². The zero-order valence-corrected chi connectivity index (χ0v) is 10.4. The number of hydrogen-bond acceptors (Lipinski definition) is 4. The number of nitrogens with zero attached hydrogens (tertiary/aromatic N) is 1. The van der Waals surface area contributed by atoms with Crippen LogP contribution in [0.5, 0.6) is 0 Å². The maximum Gasteiger partial charge on any atom is 0.248 e. The number of anilines is 1. The van der Waals surface area contributed by atoms with Gasteiger partial charge in [0.05, 0.1) is 0 Å². The lowest BCUT2D eigenvalue weighted by atomic mass is 10.3. The van der Waals surface area contributed by atoms with E-state index in [0.717, 1.165) is 5.56 Å². The fraction of sp³-hybridized carbons (Fsp3) is 0.167. The van der Waals surface area contributed by atoms with Crippen LogP contribution < -0.4 is 5.32 Å². The van der Waals surface area contributed by atoms with Crippen LogP contribution in [0.15, 0.2) is 27.4 Å². The Hall–Kier alpha value is -1.88. The van der Waals surface area contributed by atoms with Crippen LogP contribution >= 0.6 is 11.3 Å². The van der Waals surface area contributed by atoms with Gasteiger partial charge in [-0.15, -0.1) is 0 Å². The normalized spacial score (nSPS) is 10.9. The Morgan fingerprint density at radius 3 is 2.94 bits per heavy atom. The third kappa shape index (κ3) is 2.82. The van der Waals surface area contributed by atoms with Gasteiger partial charge in [-0.2, -0.15) is 11.3 Å². The highest BCUT2D eigenvalue weighted by Gasteiger charge is 2.10. The standard InChI is InChI=1S/C12H12N2O2S/c1-8-12(9(2)16-14-8)13-11(15)4-3-10-5-6-17-7-10/h3-7H,1-2H3,(H,13,15)/b4-3-. The van der Waals surface area contributed by atoms with Gasteiger partial charge in [-0.05, 0) is 42.3 Å². The maximum atomic E-state index is 11.6. The van der Waals surface area contributed by atoms with E-state index in [9.17, 15) is 4.79 Å². The van der Waals surface area contributed by atoms with E-state index in [2.05, 4.69) is 10.5 Å². The first kappa shape index (κ1) is 11.6. The summed E-state index contributed by atoms with van der Waals surface area (Å²) in [6.07, 6.45) is 3.26. The zero-order valence-electron chi connectivity index (χ0n) is 9.56. The highest BCUT2D eigenvalue weighted by molar-refractivity contribution is 7.08. The fourth-order valence-corrected chi connectivity index (χ4v) is 2.00. The second kappa shape index (κ2) is 4.97. The molecule has 2 heterocycles. The average molecular weight is 248 g/mol. The Balaban J connectivity index is 2.03. The number of rotatable bonds is 3. The van der Waals surface area contributed by atoms with Crippen molar-refractivity contribution in [1.29, 1.82) is 0 Å². The van der Waals surface area contributed by atoms with Crippen LogP contribution in [0.3, 0.4) is 0 Å². The number of aromatic nitrogens is 1. The van der Waals surface area contributed by atoms with Crippen LogP contribution in [0.2, 0.25) is 0 Å². The van der Waals surface area contributed by atoms with E-state index < -0.39 is 0 Å². The zero-order chi connectivity index (χ0) is 12.3. The largest absolute Gasteiger partial charge is 0.359 e. The summed E-state index contributed by atoms with van der Waals surface area (Å²) in [5, 5.41) is 10.4. The van der Waals surface area contributed by atoms with Gasteiger partial charge in [0, 0.05) is 6.08 Å². The first-order valence-electron chi connectivity index (χ1n) is 5.11. The van der Waals surface area contributed by atoms with E-state index in [4.69, 9.17) is 4.52 Å². The van der Waals surface area contributed by atoms with Crippen LogP contribution in [0.1, 0.15) is 17.0 Å². The molecule has 2 rings (SSSR count). The van der Waals surface area contributed by atoms with Crippen molar-refractivity contribution in [1.82, 2.24) is 5.16 Å². The molecule has 0 atom stereocenters. The number of thiophene rings is 1. The minimum absolute atomic E-state index is 0.189. The highest BCUT2D eigenvalue weighted by atomic mass is 32.1. The van der Waals surface area contributed by atoms with Crippen LogP contribution in [0, 0.1) is 13.8 Å². The lowest BCUT2D eigenvalue weighted by Gasteiger charge is -1.99. The van der Waals surface area contributed by atoms with Crippen LogP contribution in [0.25, 0.3) is 6.08 Å². The first-order valence-corrected chi connectivity index (χ1v) is 6.05. The van der Waals surface area contributed by atoms with Crippen molar-refractivity contribution in [2.75, 3.05) is 5.32 Å². The molecule has 0 fully saturated rings. The molecule has 0 saturated carbocycles. The molecule has 17 heavy (non-hydrogen) atoms. The third-order valence-electron chi connectivity index (χ3n) is 2.25. The Kier molecular flexibility index (Phi) is 3.39. The molecule has 0 unspecified atom stereocenters. The maximum absolute atomic E-state index is 11.6. The number of carbonyl (C=O) groups excluding carboxylic acids is 1. The van der Waals surface area contributed by atoms with Gasteiger partial charge in [-0.3, -0.25) is 4.79 Å². The molecule has 5 heteroatoms. The van der Waals surface area contributed by atoms with Gasteiger partial charge < -0.3 is 9.84 Å². The average Bonchev–Trinajstić information content (AvgIpc) is 2.91. The predicted molar refractivity (Wildman–Crippen MR) is 68.0 cm³/mol.